The fourth-order valence-electron chi connectivity index (χ4n) is 2.34. The van der Waals surface area contributed by atoms with Crippen molar-refractivity contribution in [3.8, 4) is 0 Å². The molecule has 0 amide bonds. The van der Waals surface area contributed by atoms with Crippen LogP contribution in [0.3, 0.4) is 0 Å². The van der Waals surface area contributed by atoms with E-state index in [1.807, 2.05) is 19.2 Å². The summed E-state index contributed by atoms with van der Waals surface area (Å²) in [5.74, 6) is 0. The van der Waals surface area contributed by atoms with Crippen LogP contribution >= 0.6 is 22.7 Å². The van der Waals surface area contributed by atoms with Gasteiger partial charge in [0.2, 0.25) is 10.0 Å². The van der Waals surface area contributed by atoms with Crippen LogP contribution in [0.25, 0.3) is 0 Å². The lowest BCUT2D eigenvalue weighted by molar-refractivity contribution is 0.583. The molecule has 4 nitrogen and oxygen atoms in total. The third-order valence-electron chi connectivity index (χ3n) is 3.76. The standard InChI is InChI=1S/C18H20N2O2S3/c1-3-15-8-9-18(24-15)25(21,22)20-12-17-19-11-16(23-17)10-14-6-4-13(2)5-7-14/h4-9,11,20H,3,10,12H2,1-2H3. The maximum atomic E-state index is 12.3. The fraction of sp³-hybridized carbons (Fsp3) is 0.278. The second kappa shape index (κ2) is 7.78. The average Bonchev–Trinajstić information content (AvgIpc) is 3.25. The number of thiophene rings is 1. The summed E-state index contributed by atoms with van der Waals surface area (Å²) >= 11 is 2.86. The van der Waals surface area contributed by atoms with Crippen LogP contribution in [0.4, 0.5) is 0 Å². The number of sulfonamides is 1. The highest BCUT2D eigenvalue weighted by atomic mass is 32.2. The first-order valence-electron chi connectivity index (χ1n) is 8.04. The third kappa shape index (κ3) is 4.76. The molecule has 0 saturated heterocycles. The fourth-order valence-corrected chi connectivity index (χ4v) is 5.65. The predicted octanol–water partition coefficient (Wildman–Crippen LogP) is 4.14. The van der Waals surface area contributed by atoms with E-state index >= 15 is 0 Å². The first-order chi connectivity index (χ1) is 12.0. The van der Waals surface area contributed by atoms with Crippen LogP contribution in [0, 0.1) is 6.92 Å². The highest BCUT2D eigenvalue weighted by Crippen LogP contribution is 2.23. The molecular formula is C18H20N2O2S3. The van der Waals surface area contributed by atoms with Crippen molar-refractivity contribution in [2.24, 2.45) is 0 Å². The highest BCUT2D eigenvalue weighted by molar-refractivity contribution is 7.91. The minimum Gasteiger partial charge on any atom is -0.248 e. The van der Waals surface area contributed by atoms with E-state index in [0.29, 0.717) is 4.21 Å². The van der Waals surface area contributed by atoms with Crippen molar-refractivity contribution in [2.75, 3.05) is 0 Å². The van der Waals surface area contributed by atoms with E-state index < -0.39 is 10.0 Å². The topological polar surface area (TPSA) is 59.1 Å². The van der Waals surface area contributed by atoms with Gasteiger partial charge in [0, 0.05) is 22.4 Å². The summed E-state index contributed by atoms with van der Waals surface area (Å²) < 4.78 is 27.7. The van der Waals surface area contributed by atoms with E-state index in [0.717, 1.165) is 27.6 Å². The number of thiazole rings is 1. The summed E-state index contributed by atoms with van der Waals surface area (Å²) in [6.45, 7) is 4.30. The molecule has 3 aromatic rings. The van der Waals surface area contributed by atoms with Crippen molar-refractivity contribution in [3.63, 3.8) is 0 Å². The molecule has 3 rings (SSSR count). The second-order valence-corrected chi connectivity index (χ2v) is 10.1. The molecule has 2 heterocycles. The minimum absolute atomic E-state index is 0.222. The predicted molar refractivity (Wildman–Crippen MR) is 104 cm³/mol. The number of rotatable bonds is 7. The van der Waals surface area contributed by atoms with Gasteiger partial charge in [-0.25, -0.2) is 18.1 Å². The molecule has 0 aliphatic carbocycles. The Labute approximate surface area is 156 Å². The van der Waals surface area contributed by atoms with Gasteiger partial charge < -0.3 is 0 Å². The summed E-state index contributed by atoms with van der Waals surface area (Å²) in [4.78, 5) is 6.54. The molecule has 0 radical (unpaired) electrons. The summed E-state index contributed by atoms with van der Waals surface area (Å²) in [6.07, 6.45) is 3.49. The van der Waals surface area contributed by atoms with Crippen molar-refractivity contribution in [1.29, 1.82) is 0 Å². The Morgan fingerprint density at radius 3 is 2.48 bits per heavy atom. The Hall–Kier alpha value is -1.54. The van der Waals surface area contributed by atoms with Gasteiger partial charge >= 0.3 is 0 Å². The van der Waals surface area contributed by atoms with Crippen LogP contribution in [0.5, 0.6) is 0 Å². The molecule has 132 valence electrons. The van der Waals surface area contributed by atoms with E-state index in [4.69, 9.17) is 0 Å². The maximum Gasteiger partial charge on any atom is 0.250 e. The molecule has 25 heavy (non-hydrogen) atoms. The number of aryl methyl sites for hydroxylation is 2. The van der Waals surface area contributed by atoms with Gasteiger partial charge in [0.1, 0.15) is 9.22 Å². The molecule has 0 aliphatic rings. The Bertz CT molecular complexity index is 941. The molecular weight excluding hydrogens is 372 g/mol. The molecule has 2 aromatic heterocycles. The van der Waals surface area contributed by atoms with Gasteiger partial charge in [0.15, 0.2) is 0 Å². The normalized spacial score (nSPS) is 11.8. The molecule has 1 N–H and O–H groups in total. The van der Waals surface area contributed by atoms with Gasteiger partial charge in [-0.05, 0) is 31.0 Å². The van der Waals surface area contributed by atoms with Crippen molar-refractivity contribution in [2.45, 2.75) is 37.4 Å². The molecule has 0 aliphatic heterocycles. The minimum atomic E-state index is -3.47. The van der Waals surface area contributed by atoms with Gasteiger partial charge in [-0.3, -0.25) is 0 Å². The second-order valence-electron chi connectivity index (χ2n) is 5.78. The van der Waals surface area contributed by atoms with Crippen LogP contribution in [0.15, 0.2) is 46.8 Å². The first kappa shape index (κ1) is 18.3. The van der Waals surface area contributed by atoms with Gasteiger partial charge in [0.05, 0.1) is 6.54 Å². The number of nitrogens with zero attached hydrogens (tertiary/aromatic N) is 1. The van der Waals surface area contributed by atoms with Gasteiger partial charge in [-0.15, -0.1) is 22.7 Å². The number of aromatic nitrogens is 1. The zero-order valence-electron chi connectivity index (χ0n) is 14.2. The molecule has 0 saturated carbocycles. The smallest absolute Gasteiger partial charge is 0.248 e. The summed E-state index contributed by atoms with van der Waals surface area (Å²) in [5.41, 5.74) is 2.47. The largest absolute Gasteiger partial charge is 0.250 e. The van der Waals surface area contributed by atoms with E-state index in [1.54, 1.807) is 17.4 Å². The maximum absolute atomic E-state index is 12.3. The molecule has 0 bridgehead atoms. The average molecular weight is 393 g/mol. The van der Waals surface area contributed by atoms with Gasteiger partial charge in [-0.1, -0.05) is 36.8 Å². The lowest BCUT2D eigenvalue weighted by Gasteiger charge is -2.02. The van der Waals surface area contributed by atoms with E-state index in [-0.39, 0.29) is 6.54 Å². The van der Waals surface area contributed by atoms with E-state index in [9.17, 15) is 8.42 Å². The molecule has 0 spiro atoms. The molecule has 0 unspecified atom stereocenters. The molecule has 0 atom stereocenters. The Kier molecular flexibility index (Phi) is 5.68. The van der Waals surface area contributed by atoms with Crippen molar-refractivity contribution >= 4 is 32.7 Å². The van der Waals surface area contributed by atoms with Crippen molar-refractivity contribution in [1.82, 2.24) is 9.71 Å². The van der Waals surface area contributed by atoms with Crippen LogP contribution < -0.4 is 4.72 Å². The van der Waals surface area contributed by atoms with Crippen LogP contribution in [0.1, 0.15) is 32.8 Å². The summed E-state index contributed by atoms with van der Waals surface area (Å²) in [5, 5.41) is 0.776. The first-order valence-corrected chi connectivity index (χ1v) is 11.2. The van der Waals surface area contributed by atoms with Gasteiger partial charge in [0.25, 0.3) is 0 Å². The van der Waals surface area contributed by atoms with Crippen molar-refractivity contribution < 1.29 is 8.42 Å². The lowest BCUT2D eigenvalue weighted by atomic mass is 10.1. The molecule has 0 fully saturated rings. The third-order valence-corrected chi connectivity index (χ3v) is 7.88. The Morgan fingerprint density at radius 2 is 1.80 bits per heavy atom. The van der Waals surface area contributed by atoms with Crippen LogP contribution in [-0.4, -0.2) is 13.4 Å². The molecule has 7 heteroatoms. The highest BCUT2D eigenvalue weighted by Gasteiger charge is 2.17. The number of hydrogen-bond acceptors (Lipinski definition) is 5. The van der Waals surface area contributed by atoms with Crippen LogP contribution in [-0.2, 0) is 29.4 Å². The number of nitrogens with one attached hydrogen (secondary N) is 1. The monoisotopic (exact) mass is 392 g/mol. The van der Waals surface area contributed by atoms with Crippen LogP contribution in [0.2, 0.25) is 0 Å². The Balaban J connectivity index is 1.62. The summed E-state index contributed by atoms with van der Waals surface area (Å²) in [6, 6.07) is 11.9. The van der Waals surface area contributed by atoms with E-state index in [2.05, 4.69) is 40.9 Å². The SMILES string of the molecule is CCc1ccc(S(=O)(=O)NCc2ncc(Cc3ccc(C)cc3)s2)s1. The van der Waals surface area contributed by atoms with E-state index in [1.165, 1.54) is 22.5 Å². The number of benzene rings is 1. The molecule has 1 aromatic carbocycles. The number of hydrogen-bond donors (Lipinski definition) is 1. The Morgan fingerprint density at radius 1 is 1.04 bits per heavy atom. The van der Waals surface area contributed by atoms with Crippen molar-refractivity contribution in [3.05, 3.63) is 68.5 Å². The quantitative estimate of drug-likeness (QED) is 0.657. The summed E-state index contributed by atoms with van der Waals surface area (Å²) in [7, 11) is -3.47. The zero-order chi connectivity index (χ0) is 17.9. The zero-order valence-corrected chi connectivity index (χ0v) is 16.6. The van der Waals surface area contributed by atoms with Gasteiger partial charge in [-0.2, -0.15) is 0 Å². The lowest BCUT2D eigenvalue weighted by Crippen LogP contribution is -2.22.